The molecule has 19 heavy (non-hydrogen) atoms. The molecular weight excluding hydrogens is 240 g/mol. The van der Waals surface area contributed by atoms with Crippen molar-refractivity contribution in [2.75, 3.05) is 26.3 Å². The van der Waals surface area contributed by atoms with Crippen LogP contribution < -0.4 is 5.32 Å². The standard InChI is InChI=1S/C15H22N2O2/c1-5-16-6-2-14(1)10-18-7-3-13-4-8-19-15(9-13)11-17-12-15/h1-2,5-6,13,17H,3-4,7-12H2. The Morgan fingerprint density at radius 3 is 2.95 bits per heavy atom. The molecule has 2 aliphatic heterocycles. The summed E-state index contributed by atoms with van der Waals surface area (Å²) >= 11 is 0. The Kier molecular flexibility index (Phi) is 4.11. The number of nitrogens with one attached hydrogen (secondary N) is 1. The number of nitrogens with zero attached hydrogens (tertiary/aromatic N) is 1. The summed E-state index contributed by atoms with van der Waals surface area (Å²) in [7, 11) is 0. The highest BCUT2D eigenvalue weighted by molar-refractivity contribution is 5.07. The van der Waals surface area contributed by atoms with Crippen molar-refractivity contribution in [3.05, 3.63) is 30.1 Å². The van der Waals surface area contributed by atoms with Crippen LogP contribution in [0.15, 0.2) is 24.5 Å². The first kappa shape index (κ1) is 13.0. The van der Waals surface area contributed by atoms with Gasteiger partial charge in [-0.2, -0.15) is 0 Å². The summed E-state index contributed by atoms with van der Waals surface area (Å²) in [5, 5.41) is 3.32. The van der Waals surface area contributed by atoms with Crippen LogP contribution in [0.4, 0.5) is 0 Å². The fourth-order valence-corrected chi connectivity index (χ4v) is 2.94. The van der Waals surface area contributed by atoms with Crippen molar-refractivity contribution in [1.82, 2.24) is 10.3 Å². The van der Waals surface area contributed by atoms with Crippen molar-refractivity contribution >= 4 is 0 Å². The lowest BCUT2D eigenvalue weighted by atomic mass is 9.80. The molecule has 4 nitrogen and oxygen atoms in total. The minimum atomic E-state index is 0.161. The predicted octanol–water partition coefficient (Wildman–Crippen LogP) is 1.76. The van der Waals surface area contributed by atoms with E-state index in [0.717, 1.165) is 38.6 Å². The Labute approximate surface area is 114 Å². The summed E-state index contributed by atoms with van der Waals surface area (Å²) in [6, 6.07) is 4.01. The van der Waals surface area contributed by atoms with Crippen LogP contribution in [0.25, 0.3) is 0 Å². The largest absolute Gasteiger partial charge is 0.377 e. The van der Waals surface area contributed by atoms with Crippen molar-refractivity contribution in [3.8, 4) is 0 Å². The van der Waals surface area contributed by atoms with Crippen LogP contribution in [0, 0.1) is 5.92 Å². The molecule has 0 bridgehead atoms. The van der Waals surface area contributed by atoms with Crippen molar-refractivity contribution < 1.29 is 9.47 Å². The molecule has 3 rings (SSSR count). The van der Waals surface area contributed by atoms with Gasteiger partial charge in [0, 0.05) is 38.7 Å². The second kappa shape index (κ2) is 5.99. The maximum absolute atomic E-state index is 5.90. The highest BCUT2D eigenvalue weighted by atomic mass is 16.5. The maximum Gasteiger partial charge on any atom is 0.0932 e. The highest BCUT2D eigenvalue weighted by Gasteiger charge is 2.42. The van der Waals surface area contributed by atoms with Crippen LogP contribution >= 0.6 is 0 Å². The van der Waals surface area contributed by atoms with E-state index in [1.54, 1.807) is 0 Å². The number of aromatic nitrogens is 1. The zero-order chi connectivity index (χ0) is 13.0. The summed E-state index contributed by atoms with van der Waals surface area (Å²) in [6.45, 7) is 4.51. The van der Waals surface area contributed by atoms with Gasteiger partial charge in [-0.25, -0.2) is 0 Å². The van der Waals surface area contributed by atoms with Gasteiger partial charge in [0.25, 0.3) is 0 Å². The van der Waals surface area contributed by atoms with E-state index in [1.807, 2.05) is 24.5 Å². The quantitative estimate of drug-likeness (QED) is 0.821. The molecule has 4 heteroatoms. The molecule has 2 aliphatic rings. The van der Waals surface area contributed by atoms with Crippen LogP contribution in [0.2, 0.25) is 0 Å². The summed E-state index contributed by atoms with van der Waals surface area (Å²) in [5.41, 5.74) is 1.36. The van der Waals surface area contributed by atoms with Gasteiger partial charge in [-0.1, -0.05) is 0 Å². The Morgan fingerprint density at radius 2 is 2.21 bits per heavy atom. The van der Waals surface area contributed by atoms with E-state index >= 15 is 0 Å². The Hall–Kier alpha value is -0.970. The molecule has 1 unspecified atom stereocenters. The van der Waals surface area contributed by atoms with Gasteiger partial charge in [-0.3, -0.25) is 4.98 Å². The third-order valence-corrected chi connectivity index (χ3v) is 4.18. The van der Waals surface area contributed by atoms with Gasteiger partial charge < -0.3 is 14.8 Å². The molecule has 2 fully saturated rings. The van der Waals surface area contributed by atoms with Crippen molar-refractivity contribution in [2.45, 2.75) is 31.5 Å². The Morgan fingerprint density at radius 1 is 1.37 bits per heavy atom. The smallest absolute Gasteiger partial charge is 0.0932 e. The van der Waals surface area contributed by atoms with E-state index in [1.165, 1.54) is 18.4 Å². The molecule has 1 aromatic heterocycles. The average molecular weight is 262 g/mol. The molecule has 0 radical (unpaired) electrons. The molecule has 1 aromatic rings. The first-order chi connectivity index (χ1) is 9.36. The van der Waals surface area contributed by atoms with Gasteiger partial charge in [0.15, 0.2) is 0 Å². The molecule has 0 saturated carbocycles. The lowest BCUT2D eigenvalue weighted by Crippen LogP contribution is -2.63. The van der Waals surface area contributed by atoms with Crippen LogP contribution in [-0.2, 0) is 16.1 Å². The lowest BCUT2D eigenvalue weighted by Gasteiger charge is -2.47. The van der Waals surface area contributed by atoms with Crippen LogP contribution in [0.3, 0.4) is 0 Å². The Balaban J connectivity index is 1.36. The Bertz CT molecular complexity index is 392. The molecule has 104 valence electrons. The normalized spacial score (nSPS) is 25.2. The summed E-state index contributed by atoms with van der Waals surface area (Å²) < 4.78 is 11.7. The molecule has 1 spiro atoms. The topological polar surface area (TPSA) is 43.4 Å². The third-order valence-electron chi connectivity index (χ3n) is 4.18. The second-order valence-corrected chi connectivity index (χ2v) is 5.69. The zero-order valence-electron chi connectivity index (χ0n) is 11.3. The molecule has 1 N–H and O–H groups in total. The summed E-state index contributed by atoms with van der Waals surface area (Å²) in [4.78, 5) is 4.00. The van der Waals surface area contributed by atoms with Crippen molar-refractivity contribution in [2.24, 2.45) is 5.92 Å². The fourth-order valence-electron chi connectivity index (χ4n) is 2.94. The summed E-state index contributed by atoms with van der Waals surface area (Å²) in [6.07, 6.45) is 7.14. The number of ether oxygens (including phenoxy) is 2. The fraction of sp³-hybridized carbons (Fsp3) is 0.667. The van der Waals surface area contributed by atoms with E-state index in [-0.39, 0.29) is 5.60 Å². The molecule has 2 saturated heterocycles. The molecule has 0 amide bonds. The molecule has 0 aliphatic carbocycles. The highest BCUT2D eigenvalue weighted by Crippen LogP contribution is 2.33. The van der Waals surface area contributed by atoms with E-state index in [2.05, 4.69) is 10.3 Å². The lowest BCUT2D eigenvalue weighted by molar-refractivity contribution is -0.129. The number of hydrogen-bond donors (Lipinski definition) is 1. The minimum Gasteiger partial charge on any atom is -0.377 e. The van der Waals surface area contributed by atoms with Crippen LogP contribution in [0.5, 0.6) is 0 Å². The van der Waals surface area contributed by atoms with Crippen LogP contribution in [0.1, 0.15) is 24.8 Å². The van der Waals surface area contributed by atoms with Crippen LogP contribution in [-0.4, -0.2) is 36.9 Å². The second-order valence-electron chi connectivity index (χ2n) is 5.69. The minimum absolute atomic E-state index is 0.161. The van der Waals surface area contributed by atoms with Gasteiger partial charge in [-0.05, 0) is 42.9 Å². The molecule has 0 aromatic carbocycles. The van der Waals surface area contributed by atoms with Gasteiger partial charge in [-0.15, -0.1) is 0 Å². The van der Waals surface area contributed by atoms with E-state index in [0.29, 0.717) is 6.61 Å². The van der Waals surface area contributed by atoms with Gasteiger partial charge in [0.05, 0.1) is 12.2 Å². The van der Waals surface area contributed by atoms with E-state index < -0.39 is 0 Å². The maximum atomic E-state index is 5.90. The van der Waals surface area contributed by atoms with Crippen molar-refractivity contribution in [3.63, 3.8) is 0 Å². The number of rotatable bonds is 5. The average Bonchev–Trinajstić information content (AvgIpc) is 2.43. The number of pyridine rings is 1. The zero-order valence-corrected chi connectivity index (χ0v) is 11.3. The number of hydrogen-bond acceptors (Lipinski definition) is 4. The van der Waals surface area contributed by atoms with E-state index in [9.17, 15) is 0 Å². The molecule has 3 heterocycles. The van der Waals surface area contributed by atoms with Gasteiger partial charge >= 0.3 is 0 Å². The first-order valence-corrected chi connectivity index (χ1v) is 7.18. The van der Waals surface area contributed by atoms with Gasteiger partial charge in [0.1, 0.15) is 0 Å². The monoisotopic (exact) mass is 262 g/mol. The van der Waals surface area contributed by atoms with Gasteiger partial charge in [0.2, 0.25) is 0 Å². The SMILES string of the molecule is c1cc(COCCC2CCOC3(CNC3)C2)ccn1. The molecule has 1 atom stereocenters. The van der Waals surface area contributed by atoms with Crippen molar-refractivity contribution in [1.29, 1.82) is 0 Å². The summed E-state index contributed by atoms with van der Waals surface area (Å²) in [5.74, 6) is 0.758. The predicted molar refractivity (Wildman–Crippen MR) is 72.8 cm³/mol. The molecular formula is C15H22N2O2. The first-order valence-electron chi connectivity index (χ1n) is 7.18. The third kappa shape index (κ3) is 3.32. The van der Waals surface area contributed by atoms with E-state index in [4.69, 9.17) is 9.47 Å².